The van der Waals surface area contributed by atoms with Crippen LogP contribution in [0.4, 0.5) is 0 Å². The third kappa shape index (κ3) is 3.28. The molecule has 0 unspecified atom stereocenters. The van der Waals surface area contributed by atoms with E-state index in [1.165, 1.54) is 0 Å². The zero-order valence-electron chi connectivity index (χ0n) is 17.1. The van der Waals surface area contributed by atoms with Gasteiger partial charge in [-0.25, -0.2) is 0 Å². The average molecular weight is 402 g/mol. The van der Waals surface area contributed by atoms with Gasteiger partial charge in [-0.15, -0.1) is 0 Å². The molecule has 2 fully saturated rings. The van der Waals surface area contributed by atoms with Crippen LogP contribution in [0.15, 0.2) is 66.9 Å². The van der Waals surface area contributed by atoms with Gasteiger partial charge in [0.2, 0.25) is 0 Å². The maximum absolute atomic E-state index is 13.5. The number of aromatic nitrogens is 1. The normalized spacial score (nSPS) is 25.0. The number of para-hydroxylation sites is 1. The zero-order valence-corrected chi connectivity index (χ0v) is 17.1. The number of carbonyl (C=O) groups is 1. The topological polar surface area (TPSA) is 56.7 Å². The van der Waals surface area contributed by atoms with E-state index in [9.17, 15) is 9.90 Å². The number of piperidine rings is 1. The number of hydrogen-bond acceptors (Lipinski definition) is 4. The smallest absolute Gasteiger partial charge is 0.256 e. The van der Waals surface area contributed by atoms with Crippen molar-refractivity contribution in [1.29, 1.82) is 0 Å². The van der Waals surface area contributed by atoms with Crippen LogP contribution in [0, 0.1) is 0 Å². The Morgan fingerprint density at radius 2 is 1.73 bits per heavy atom. The van der Waals surface area contributed by atoms with Crippen molar-refractivity contribution in [3.05, 3.63) is 78.0 Å². The molecule has 3 aromatic rings. The van der Waals surface area contributed by atoms with Gasteiger partial charge in [-0.3, -0.25) is 14.7 Å². The molecule has 30 heavy (non-hydrogen) atoms. The monoisotopic (exact) mass is 401 g/mol. The Kier molecular flexibility index (Phi) is 5.01. The molecular formula is C25H27N3O2. The molecule has 1 aromatic heterocycles. The Balaban J connectivity index is 1.48. The third-order valence-electron chi connectivity index (χ3n) is 6.71. The van der Waals surface area contributed by atoms with Crippen molar-refractivity contribution < 1.29 is 9.90 Å². The minimum atomic E-state index is -0.945. The number of carbonyl (C=O) groups excluding carboxylic acids is 1. The SMILES string of the molecule is O=C(c1cccc2cccnc12)N1CC[C@](O)(c2ccccc2)[C@H](N2CCCC2)C1. The molecule has 1 amide bonds. The summed E-state index contributed by atoms with van der Waals surface area (Å²) < 4.78 is 0. The van der Waals surface area contributed by atoms with Crippen LogP contribution in [0.5, 0.6) is 0 Å². The van der Waals surface area contributed by atoms with Crippen molar-refractivity contribution in [1.82, 2.24) is 14.8 Å². The van der Waals surface area contributed by atoms with Gasteiger partial charge in [0.25, 0.3) is 5.91 Å². The molecule has 1 N–H and O–H groups in total. The average Bonchev–Trinajstić information content (AvgIpc) is 3.34. The number of aliphatic hydroxyl groups is 1. The summed E-state index contributed by atoms with van der Waals surface area (Å²) in [6, 6.07) is 19.5. The highest BCUT2D eigenvalue weighted by Gasteiger charge is 2.47. The zero-order chi connectivity index (χ0) is 20.6. The van der Waals surface area contributed by atoms with E-state index in [1.54, 1.807) is 6.20 Å². The fourth-order valence-corrected chi connectivity index (χ4v) is 5.09. The van der Waals surface area contributed by atoms with Crippen molar-refractivity contribution in [2.45, 2.75) is 30.9 Å². The van der Waals surface area contributed by atoms with Gasteiger partial charge in [0.05, 0.1) is 17.1 Å². The van der Waals surface area contributed by atoms with Gasteiger partial charge >= 0.3 is 0 Å². The first kappa shape index (κ1) is 19.2. The van der Waals surface area contributed by atoms with Crippen LogP contribution in [0.1, 0.15) is 35.2 Å². The summed E-state index contributed by atoms with van der Waals surface area (Å²) in [6.45, 7) is 2.99. The highest BCUT2D eigenvalue weighted by Crippen LogP contribution is 2.38. The number of pyridine rings is 1. The van der Waals surface area contributed by atoms with Gasteiger partial charge in [0.15, 0.2) is 0 Å². The first-order chi connectivity index (χ1) is 14.7. The van der Waals surface area contributed by atoms with Crippen molar-refractivity contribution in [2.24, 2.45) is 0 Å². The Bertz CT molecular complexity index is 1040. The summed E-state index contributed by atoms with van der Waals surface area (Å²) in [5.74, 6) is -0.00129. The lowest BCUT2D eigenvalue weighted by molar-refractivity contribution is -0.0877. The Morgan fingerprint density at radius 1 is 0.967 bits per heavy atom. The van der Waals surface area contributed by atoms with E-state index in [4.69, 9.17) is 0 Å². The molecule has 5 heteroatoms. The summed E-state index contributed by atoms with van der Waals surface area (Å²) >= 11 is 0. The first-order valence-electron chi connectivity index (χ1n) is 10.8. The number of likely N-dealkylation sites (tertiary alicyclic amines) is 2. The Morgan fingerprint density at radius 3 is 2.53 bits per heavy atom. The van der Waals surface area contributed by atoms with Crippen LogP contribution in [0.25, 0.3) is 10.9 Å². The number of rotatable bonds is 3. The number of nitrogens with zero attached hydrogens (tertiary/aromatic N) is 3. The quantitative estimate of drug-likeness (QED) is 0.731. The predicted molar refractivity (Wildman–Crippen MR) is 117 cm³/mol. The molecule has 5 nitrogen and oxygen atoms in total. The van der Waals surface area contributed by atoms with E-state index >= 15 is 0 Å². The molecule has 0 aliphatic carbocycles. The van der Waals surface area contributed by atoms with E-state index in [2.05, 4.69) is 9.88 Å². The molecule has 2 atom stereocenters. The maximum Gasteiger partial charge on any atom is 0.256 e. The van der Waals surface area contributed by atoms with E-state index in [-0.39, 0.29) is 11.9 Å². The molecule has 2 aliphatic heterocycles. The fraction of sp³-hybridized carbons (Fsp3) is 0.360. The first-order valence-corrected chi connectivity index (χ1v) is 10.8. The molecule has 0 radical (unpaired) electrons. The minimum Gasteiger partial charge on any atom is -0.383 e. The van der Waals surface area contributed by atoms with Crippen LogP contribution in [0.3, 0.4) is 0 Å². The minimum absolute atomic E-state index is 0.00129. The van der Waals surface area contributed by atoms with E-state index < -0.39 is 5.60 Å². The number of amides is 1. The van der Waals surface area contributed by atoms with Crippen molar-refractivity contribution in [2.75, 3.05) is 26.2 Å². The standard InChI is InChI=1S/C25H27N3O2/c29-24(21-12-6-8-19-9-7-14-26-23(19)21)28-17-13-25(30,20-10-2-1-3-11-20)22(18-28)27-15-4-5-16-27/h1-3,6-12,14,22,30H,4-5,13,15-18H2/t22-,25+/m1/s1. The molecule has 5 rings (SSSR count). The summed E-state index contributed by atoms with van der Waals surface area (Å²) in [6.07, 6.45) is 4.55. The predicted octanol–water partition coefficient (Wildman–Crippen LogP) is 3.43. The maximum atomic E-state index is 13.5. The second-order valence-corrected chi connectivity index (χ2v) is 8.43. The van der Waals surface area contributed by atoms with Crippen LogP contribution >= 0.6 is 0 Å². The molecule has 0 spiro atoms. The van der Waals surface area contributed by atoms with Gasteiger partial charge in [-0.05, 0) is 50.0 Å². The van der Waals surface area contributed by atoms with Gasteiger partial charge in [-0.1, -0.05) is 48.5 Å². The van der Waals surface area contributed by atoms with Crippen LogP contribution in [-0.4, -0.2) is 58.0 Å². The van der Waals surface area contributed by atoms with Gasteiger partial charge in [-0.2, -0.15) is 0 Å². The molecule has 154 valence electrons. The highest BCUT2D eigenvalue weighted by atomic mass is 16.3. The lowest BCUT2D eigenvalue weighted by Gasteiger charge is -2.48. The number of fused-ring (bicyclic) bond motifs is 1. The summed E-state index contributed by atoms with van der Waals surface area (Å²) in [7, 11) is 0. The fourth-order valence-electron chi connectivity index (χ4n) is 5.09. The summed E-state index contributed by atoms with van der Waals surface area (Å²) in [5.41, 5.74) is 1.38. The van der Waals surface area contributed by atoms with Crippen LogP contribution in [0.2, 0.25) is 0 Å². The van der Waals surface area contributed by atoms with E-state index in [1.807, 2.05) is 65.6 Å². The molecule has 2 saturated heterocycles. The largest absolute Gasteiger partial charge is 0.383 e. The van der Waals surface area contributed by atoms with Gasteiger partial charge in [0, 0.05) is 24.7 Å². The van der Waals surface area contributed by atoms with Crippen molar-refractivity contribution in [3.63, 3.8) is 0 Å². The highest BCUT2D eigenvalue weighted by molar-refractivity contribution is 6.05. The van der Waals surface area contributed by atoms with Crippen molar-refractivity contribution >= 4 is 16.8 Å². The summed E-state index contributed by atoms with van der Waals surface area (Å²) in [5, 5.41) is 12.8. The lowest BCUT2D eigenvalue weighted by Crippen LogP contribution is -2.61. The second-order valence-electron chi connectivity index (χ2n) is 8.43. The molecular weight excluding hydrogens is 374 g/mol. The van der Waals surface area contributed by atoms with Crippen molar-refractivity contribution in [3.8, 4) is 0 Å². The van der Waals surface area contributed by atoms with E-state index in [0.717, 1.165) is 42.4 Å². The van der Waals surface area contributed by atoms with Gasteiger partial charge < -0.3 is 10.0 Å². The Labute approximate surface area is 177 Å². The molecule has 0 saturated carbocycles. The molecule has 2 aromatic carbocycles. The number of benzene rings is 2. The third-order valence-corrected chi connectivity index (χ3v) is 6.71. The molecule has 0 bridgehead atoms. The molecule has 3 heterocycles. The van der Waals surface area contributed by atoms with Gasteiger partial charge in [0.1, 0.15) is 5.60 Å². The second kappa shape index (κ2) is 7.82. The number of hydrogen-bond donors (Lipinski definition) is 1. The molecule has 2 aliphatic rings. The lowest BCUT2D eigenvalue weighted by atomic mass is 9.79. The Hall–Kier alpha value is -2.76. The van der Waals surface area contributed by atoms with Crippen LogP contribution in [-0.2, 0) is 5.60 Å². The van der Waals surface area contributed by atoms with Crippen LogP contribution < -0.4 is 0 Å². The van der Waals surface area contributed by atoms with E-state index in [0.29, 0.717) is 25.1 Å². The summed E-state index contributed by atoms with van der Waals surface area (Å²) in [4.78, 5) is 22.2.